The summed E-state index contributed by atoms with van der Waals surface area (Å²) < 4.78 is 11.4. The van der Waals surface area contributed by atoms with E-state index >= 15 is 0 Å². The molecule has 0 spiro atoms. The van der Waals surface area contributed by atoms with Crippen LogP contribution in [0.15, 0.2) is 60.1 Å². The molecule has 2 unspecified atom stereocenters. The Balaban J connectivity index is 1.39. The Morgan fingerprint density at radius 3 is 2.63 bits per heavy atom. The van der Waals surface area contributed by atoms with Crippen molar-refractivity contribution in [2.24, 2.45) is 5.92 Å². The van der Waals surface area contributed by atoms with Crippen molar-refractivity contribution in [1.29, 1.82) is 0 Å². The lowest BCUT2D eigenvalue weighted by Gasteiger charge is -2.37. The van der Waals surface area contributed by atoms with Gasteiger partial charge in [-0.25, -0.2) is 9.97 Å². The molecule has 0 bridgehead atoms. The van der Waals surface area contributed by atoms with Crippen LogP contribution in [0.4, 0.5) is 5.82 Å². The Morgan fingerprint density at radius 1 is 1.00 bits per heavy atom. The maximum Gasteiger partial charge on any atom is 0.181 e. The summed E-state index contributed by atoms with van der Waals surface area (Å²) in [5, 5.41) is 7.02. The maximum atomic E-state index is 5.77. The van der Waals surface area contributed by atoms with Gasteiger partial charge in [-0.05, 0) is 24.1 Å². The molecular weight excluding hydrogens is 458 g/mol. The molecule has 6 rings (SSSR count). The molecule has 35 heavy (non-hydrogen) atoms. The quantitative estimate of drug-likeness (QED) is 0.409. The molecule has 1 aromatic carbocycles. The average Bonchev–Trinajstić information content (AvgIpc) is 3.61. The van der Waals surface area contributed by atoms with Crippen molar-refractivity contribution in [2.75, 3.05) is 51.4 Å². The molecule has 7 nitrogen and oxygen atoms in total. The van der Waals surface area contributed by atoms with E-state index in [4.69, 9.17) is 19.4 Å². The van der Waals surface area contributed by atoms with Crippen LogP contribution in [0.1, 0.15) is 6.42 Å². The van der Waals surface area contributed by atoms with Gasteiger partial charge in [-0.2, -0.15) is 0 Å². The number of nitrogens with zero attached hydrogens (tertiary/aromatic N) is 4. The van der Waals surface area contributed by atoms with Gasteiger partial charge < -0.3 is 14.8 Å². The summed E-state index contributed by atoms with van der Waals surface area (Å²) >= 11 is 1.65. The smallest absolute Gasteiger partial charge is 0.181 e. The zero-order chi connectivity index (χ0) is 23.5. The summed E-state index contributed by atoms with van der Waals surface area (Å²) in [4.78, 5) is 18.0. The Bertz CT molecular complexity index is 1250. The molecule has 2 aliphatic heterocycles. The van der Waals surface area contributed by atoms with E-state index in [9.17, 15) is 0 Å². The van der Waals surface area contributed by atoms with Gasteiger partial charge in [-0.3, -0.25) is 9.88 Å². The van der Waals surface area contributed by atoms with Crippen molar-refractivity contribution in [3.05, 3.63) is 60.1 Å². The van der Waals surface area contributed by atoms with Crippen molar-refractivity contribution in [3.8, 4) is 22.6 Å². The van der Waals surface area contributed by atoms with Crippen LogP contribution in [-0.2, 0) is 9.47 Å². The highest BCUT2D eigenvalue weighted by atomic mass is 32.1. The van der Waals surface area contributed by atoms with Gasteiger partial charge in [-0.1, -0.05) is 36.4 Å². The summed E-state index contributed by atoms with van der Waals surface area (Å²) in [6.07, 6.45) is 2.88. The topological polar surface area (TPSA) is 72.4 Å². The second-order valence-corrected chi connectivity index (χ2v) is 9.88. The highest BCUT2D eigenvalue weighted by Gasteiger charge is 2.32. The van der Waals surface area contributed by atoms with Crippen LogP contribution < -0.4 is 5.32 Å². The van der Waals surface area contributed by atoms with Gasteiger partial charge in [0.2, 0.25) is 0 Å². The Morgan fingerprint density at radius 2 is 1.86 bits per heavy atom. The van der Waals surface area contributed by atoms with Crippen LogP contribution in [0.25, 0.3) is 32.9 Å². The largest absolute Gasteiger partial charge is 0.381 e. The highest BCUT2D eigenvalue weighted by Crippen LogP contribution is 2.38. The molecular formula is C27H29N5O2S. The standard InChI is InChI=1S/C27H29N5O2S/c1-2-6-19(7-3-1)21-18-35-27-24(21)26(30-25(31-27)22-8-4-5-10-28-22)29-16-23(20-9-13-34-17-20)32-11-14-33-15-12-32/h1-8,10,18,20,23H,9,11-17H2,(H,29,30,31). The minimum absolute atomic E-state index is 0.364. The molecule has 0 aliphatic carbocycles. The third-order valence-electron chi connectivity index (χ3n) is 6.91. The van der Waals surface area contributed by atoms with E-state index in [0.717, 1.165) is 79.8 Å². The number of benzene rings is 1. The van der Waals surface area contributed by atoms with Crippen LogP contribution in [-0.4, -0.2) is 72.0 Å². The van der Waals surface area contributed by atoms with Crippen LogP contribution in [0.2, 0.25) is 0 Å². The first-order chi connectivity index (χ1) is 17.4. The van der Waals surface area contributed by atoms with E-state index in [1.807, 2.05) is 24.3 Å². The van der Waals surface area contributed by atoms with Crippen LogP contribution >= 0.6 is 11.3 Å². The molecule has 1 N–H and O–H groups in total. The minimum Gasteiger partial charge on any atom is -0.381 e. The Labute approximate surface area is 209 Å². The predicted octanol–water partition coefficient (Wildman–Crippen LogP) is 4.57. The number of thiophene rings is 1. The third-order valence-corrected chi connectivity index (χ3v) is 7.79. The summed E-state index contributed by atoms with van der Waals surface area (Å²) in [6, 6.07) is 16.7. The number of rotatable bonds is 7. The van der Waals surface area contributed by atoms with Gasteiger partial charge in [0.05, 0.1) is 25.2 Å². The van der Waals surface area contributed by atoms with E-state index in [-0.39, 0.29) is 0 Å². The lowest BCUT2D eigenvalue weighted by Crippen LogP contribution is -2.50. The van der Waals surface area contributed by atoms with Gasteiger partial charge in [-0.15, -0.1) is 11.3 Å². The lowest BCUT2D eigenvalue weighted by atomic mass is 9.96. The number of morpholine rings is 1. The zero-order valence-corrected chi connectivity index (χ0v) is 20.4. The first-order valence-corrected chi connectivity index (χ1v) is 13.1. The number of pyridine rings is 1. The highest BCUT2D eigenvalue weighted by molar-refractivity contribution is 7.17. The molecule has 2 fully saturated rings. The van der Waals surface area contributed by atoms with Gasteiger partial charge in [0, 0.05) is 55.3 Å². The number of fused-ring (bicyclic) bond motifs is 1. The Kier molecular flexibility index (Phi) is 6.68. The van der Waals surface area contributed by atoms with Crippen molar-refractivity contribution in [1.82, 2.24) is 19.9 Å². The molecule has 0 saturated carbocycles. The molecule has 0 radical (unpaired) electrons. The molecule has 2 saturated heterocycles. The maximum absolute atomic E-state index is 5.77. The van der Waals surface area contributed by atoms with Crippen molar-refractivity contribution >= 4 is 27.4 Å². The lowest BCUT2D eigenvalue weighted by molar-refractivity contribution is 0.00460. The first kappa shape index (κ1) is 22.5. The molecule has 0 amide bonds. The van der Waals surface area contributed by atoms with E-state index in [1.54, 1.807) is 17.5 Å². The second kappa shape index (κ2) is 10.4. The fourth-order valence-electron chi connectivity index (χ4n) is 5.07. The summed E-state index contributed by atoms with van der Waals surface area (Å²) in [7, 11) is 0. The molecule has 5 heterocycles. The summed E-state index contributed by atoms with van der Waals surface area (Å²) in [5.74, 6) is 2.02. The van der Waals surface area contributed by atoms with Crippen molar-refractivity contribution < 1.29 is 9.47 Å². The van der Waals surface area contributed by atoms with Gasteiger partial charge in [0.15, 0.2) is 5.82 Å². The SMILES string of the molecule is c1ccc(-c2csc3nc(-c4ccccn4)nc(NCC(C4CCOC4)N4CCOCC4)c23)cc1. The van der Waals surface area contributed by atoms with Crippen molar-refractivity contribution in [3.63, 3.8) is 0 Å². The number of aromatic nitrogens is 3. The number of nitrogens with one attached hydrogen (secondary N) is 1. The second-order valence-electron chi connectivity index (χ2n) is 9.03. The van der Waals surface area contributed by atoms with Gasteiger partial charge in [0.1, 0.15) is 16.3 Å². The van der Waals surface area contributed by atoms with Gasteiger partial charge in [0.25, 0.3) is 0 Å². The van der Waals surface area contributed by atoms with E-state index in [1.165, 1.54) is 5.56 Å². The Hall–Kier alpha value is -2.91. The minimum atomic E-state index is 0.364. The first-order valence-electron chi connectivity index (χ1n) is 12.3. The summed E-state index contributed by atoms with van der Waals surface area (Å²) in [6.45, 7) is 5.93. The van der Waals surface area contributed by atoms with E-state index in [0.29, 0.717) is 17.8 Å². The third kappa shape index (κ3) is 4.79. The molecule has 2 atom stereocenters. The van der Waals surface area contributed by atoms with E-state index < -0.39 is 0 Å². The van der Waals surface area contributed by atoms with Gasteiger partial charge >= 0.3 is 0 Å². The number of hydrogen-bond donors (Lipinski definition) is 1. The van der Waals surface area contributed by atoms with Crippen LogP contribution in [0.3, 0.4) is 0 Å². The summed E-state index contributed by atoms with van der Waals surface area (Å²) in [5.41, 5.74) is 3.11. The van der Waals surface area contributed by atoms with Crippen LogP contribution in [0.5, 0.6) is 0 Å². The predicted molar refractivity (Wildman–Crippen MR) is 140 cm³/mol. The normalized spacial score (nSPS) is 19.7. The monoisotopic (exact) mass is 487 g/mol. The molecule has 2 aliphatic rings. The van der Waals surface area contributed by atoms with Crippen LogP contribution in [0, 0.1) is 5.92 Å². The fraction of sp³-hybridized carbons (Fsp3) is 0.370. The van der Waals surface area contributed by atoms with Crippen molar-refractivity contribution in [2.45, 2.75) is 12.5 Å². The van der Waals surface area contributed by atoms with E-state index in [2.05, 4.69) is 44.8 Å². The fourth-order valence-corrected chi connectivity index (χ4v) is 6.02. The zero-order valence-electron chi connectivity index (χ0n) is 19.6. The molecule has 8 heteroatoms. The average molecular weight is 488 g/mol. The number of ether oxygens (including phenoxy) is 2. The molecule has 180 valence electrons. The number of anilines is 1. The number of hydrogen-bond acceptors (Lipinski definition) is 8. The molecule has 4 aromatic rings. The molecule has 3 aromatic heterocycles.